The summed E-state index contributed by atoms with van der Waals surface area (Å²) < 4.78 is 0.953. The molecule has 5 heteroatoms. The van der Waals surface area contributed by atoms with Gasteiger partial charge in [0.2, 0.25) is 5.91 Å². The summed E-state index contributed by atoms with van der Waals surface area (Å²) in [5.74, 6) is 0.293. The molecule has 0 aromatic heterocycles. The number of carbonyl (C=O) groups excluding carboxylic acids is 1. The fourth-order valence-electron chi connectivity index (χ4n) is 1.85. The molecular formula is C16H17BrN2OS. The van der Waals surface area contributed by atoms with Gasteiger partial charge in [0.05, 0.1) is 5.75 Å². The zero-order valence-corrected chi connectivity index (χ0v) is 14.3. The quantitative estimate of drug-likeness (QED) is 0.625. The normalized spacial score (nSPS) is 10.4. The molecule has 0 radical (unpaired) electrons. The first-order valence-corrected chi connectivity index (χ1v) is 8.29. The van der Waals surface area contributed by atoms with Gasteiger partial charge in [-0.3, -0.25) is 4.79 Å². The molecule has 110 valence electrons. The van der Waals surface area contributed by atoms with Crippen LogP contribution in [0.2, 0.25) is 0 Å². The van der Waals surface area contributed by atoms with Crippen molar-refractivity contribution in [1.82, 2.24) is 0 Å². The summed E-state index contributed by atoms with van der Waals surface area (Å²) >= 11 is 4.84. The van der Waals surface area contributed by atoms with Crippen molar-refractivity contribution in [2.45, 2.75) is 18.7 Å². The smallest absolute Gasteiger partial charge is 0.234 e. The molecule has 2 aromatic carbocycles. The molecule has 21 heavy (non-hydrogen) atoms. The molecule has 0 bridgehead atoms. The maximum atomic E-state index is 12.1. The molecule has 3 nitrogen and oxygen atoms in total. The van der Waals surface area contributed by atoms with E-state index in [1.807, 2.05) is 50.2 Å². The molecule has 0 spiro atoms. The third-order valence-electron chi connectivity index (χ3n) is 3.21. The number of nitrogens with two attached hydrogens (primary N) is 1. The molecule has 3 N–H and O–H groups in total. The molecule has 0 saturated carbocycles. The van der Waals surface area contributed by atoms with Crippen LogP contribution in [-0.2, 0) is 4.79 Å². The fourth-order valence-corrected chi connectivity index (χ4v) is 3.17. The minimum absolute atomic E-state index is 0.0342. The van der Waals surface area contributed by atoms with Crippen LogP contribution in [0.15, 0.2) is 45.8 Å². The Morgan fingerprint density at radius 3 is 2.81 bits per heavy atom. The number of hydrogen-bond acceptors (Lipinski definition) is 3. The first-order chi connectivity index (χ1) is 9.97. The highest BCUT2D eigenvalue weighted by molar-refractivity contribution is 9.10. The van der Waals surface area contributed by atoms with Crippen LogP contribution in [0.3, 0.4) is 0 Å². The molecule has 1 amide bonds. The Labute approximate surface area is 137 Å². The van der Waals surface area contributed by atoms with E-state index in [1.165, 1.54) is 11.8 Å². The SMILES string of the molecule is Cc1cccc(NC(=O)CSc2cc(Br)ccc2N)c1C. The summed E-state index contributed by atoms with van der Waals surface area (Å²) in [6.07, 6.45) is 0. The van der Waals surface area contributed by atoms with Gasteiger partial charge in [-0.05, 0) is 49.2 Å². The van der Waals surface area contributed by atoms with Gasteiger partial charge in [-0.15, -0.1) is 11.8 Å². The maximum absolute atomic E-state index is 12.1. The highest BCUT2D eigenvalue weighted by Gasteiger charge is 2.08. The number of benzene rings is 2. The molecule has 0 unspecified atom stereocenters. The number of nitrogens with one attached hydrogen (secondary N) is 1. The van der Waals surface area contributed by atoms with E-state index in [0.717, 1.165) is 26.2 Å². The summed E-state index contributed by atoms with van der Waals surface area (Å²) in [5.41, 5.74) is 9.70. The topological polar surface area (TPSA) is 55.1 Å². The highest BCUT2D eigenvalue weighted by atomic mass is 79.9. The molecule has 0 aliphatic heterocycles. The molecular weight excluding hydrogens is 348 g/mol. The molecule has 0 fully saturated rings. The number of nitrogen functional groups attached to an aromatic ring is 1. The Morgan fingerprint density at radius 2 is 2.05 bits per heavy atom. The summed E-state index contributed by atoms with van der Waals surface area (Å²) in [4.78, 5) is 13.0. The van der Waals surface area contributed by atoms with Crippen molar-refractivity contribution in [3.8, 4) is 0 Å². The van der Waals surface area contributed by atoms with Crippen LogP contribution in [0.4, 0.5) is 11.4 Å². The van der Waals surface area contributed by atoms with E-state index in [4.69, 9.17) is 5.73 Å². The lowest BCUT2D eigenvalue weighted by Gasteiger charge is -2.11. The van der Waals surface area contributed by atoms with E-state index in [9.17, 15) is 4.79 Å². The van der Waals surface area contributed by atoms with E-state index in [2.05, 4.69) is 21.2 Å². The van der Waals surface area contributed by atoms with Crippen molar-refractivity contribution in [1.29, 1.82) is 0 Å². The van der Waals surface area contributed by atoms with Crippen LogP contribution in [0.5, 0.6) is 0 Å². The van der Waals surface area contributed by atoms with Gasteiger partial charge in [0.1, 0.15) is 0 Å². The van der Waals surface area contributed by atoms with Gasteiger partial charge in [-0.1, -0.05) is 28.1 Å². The average Bonchev–Trinajstić information content (AvgIpc) is 2.45. The number of hydrogen-bond donors (Lipinski definition) is 2. The second-order valence-corrected chi connectivity index (χ2v) is 6.70. The van der Waals surface area contributed by atoms with E-state index >= 15 is 0 Å². The highest BCUT2D eigenvalue weighted by Crippen LogP contribution is 2.28. The lowest BCUT2D eigenvalue weighted by Crippen LogP contribution is -2.15. The molecule has 0 saturated heterocycles. The van der Waals surface area contributed by atoms with Gasteiger partial charge in [-0.25, -0.2) is 0 Å². The van der Waals surface area contributed by atoms with Crippen molar-refractivity contribution in [2.24, 2.45) is 0 Å². The second kappa shape index (κ2) is 7.00. The monoisotopic (exact) mass is 364 g/mol. The number of carbonyl (C=O) groups is 1. The minimum atomic E-state index is -0.0342. The largest absolute Gasteiger partial charge is 0.398 e. The van der Waals surface area contributed by atoms with Crippen LogP contribution in [0, 0.1) is 13.8 Å². The van der Waals surface area contributed by atoms with Gasteiger partial charge in [-0.2, -0.15) is 0 Å². The Bertz CT molecular complexity index is 673. The summed E-state index contributed by atoms with van der Waals surface area (Å²) in [6, 6.07) is 11.5. The number of halogens is 1. The number of rotatable bonds is 4. The summed E-state index contributed by atoms with van der Waals surface area (Å²) in [5, 5.41) is 2.94. The van der Waals surface area contributed by atoms with Crippen molar-refractivity contribution in [3.63, 3.8) is 0 Å². The predicted octanol–water partition coefficient (Wildman–Crippen LogP) is 4.38. The lowest BCUT2D eigenvalue weighted by atomic mass is 10.1. The standard InChI is InChI=1S/C16H17BrN2OS/c1-10-4-3-5-14(11(10)2)19-16(20)9-21-15-8-12(17)6-7-13(15)18/h3-8H,9,18H2,1-2H3,(H,19,20). The number of aryl methyl sites for hydroxylation is 1. The van der Waals surface area contributed by atoms with Crippen molar-refractivity contribution >= 4 is 45.0 Å². The van der Waals surface area contributed by atoms with Crippen LogP contribution in [0.25, 0.3) is 0 Å². The van der Waals surface area contributed by atoms with Crippen LogP contribution < -0.4 is 11.1 Å². The third kappa shape index (κ3) is 4.25. The van der Waals surface area contributed by atoms with Crippen LogP contribution >= 0.6 is 27.7 Å². The lowest BCUT2D eigenvalue weighted by molar-refractivity contribution is -0.113. The number of thioether (sulfide) groups is 1. The van der Waals surface area contributed by atoms with E-state index < -0.39 is 0 Å². The fraction of sp³-hybridized carbons (Fsp3) is 0.188. The molecule has 0 atom stereocenters. The second-order valence-electron chi connectivity index (χ2n) is 4.77. The molecule has 2 aromatic rings. The van der Waals surface area contributed by atoms with Gasteiger partial charge in [0, 0.05) is 20.7 Å². The first-order valence-electron chi connectivity index (χ1n) is 6.51. The van der Waals surface area contributed by atoms with Crippen molar-refractivity contribution in [2.75, 3.05) is 16.8 Å². The molecule has 2 rings (SSSR count). The molecule has 0 heterocycles. The number of anilines is 2. The first kappa shape index (κ1) is 15.9. The number of amides is 1. The van der Waals surface area contributed by atoms with E-state index in [-0.39, 0.29) is 5.91 Å². The molecule has 0 aliphatic carbocycles. The average molecular weight is 365 g/mol. The Morgan fingerprint density at radius 1 is 1.29 bits per heavy atom. The maximum Gasteiger partial charge on any atom is 0.234 e. The van der Waals surface area contributed by atoms with Gasteiger partial charge >= 0.3 is 0 Å². The summed E-state index contributed by atoms with van der Waals surface area (Å²) in [7, 11) is 0. The Balaban J connectivity index is 1.99. The predicted molar refractivity (Wildman–Crippen MR) is 93.8 cm³/mol. The Kier molecular flexibility index (Phi) is 5.31. The van der Waals surface area contributed by atoms with Gasteiger partial charge in [0.25, 0.3) is 0 Å². The Hall–Kier alpha value is -1.46. The van der Waals surface area contributed by atoms with E-state index in [0.29, 0.717) is 11.4 Å². The van der Waals surface area contributed by atoms with Crippen LogP contribution in [-0.4, -0.2) is 11.7 Å². The summed E-state index contributed by atoms with van der Waals surface area (Å²) in [6.45, 7) is 4.03. The molecule has 0 aliphatic rings. The zero-order valence-electron chi connectivity index (χ0n) is 11.9. The van der Waals surface area contributed by atoms with Crippen molar-refractivity contribution in [3.05, 3.63) is 52.0 Å². The third-order valence-corrected chi connectivity index (χ3v) is 4.78. The van der Waals surface area contributed by atoms with Gasteiger partial charge in [0.15, 0.2) is 0 Å². The van der Waals surface area contributed by atoms with E-state index in [1.54, 1.807) is 0 Å². The van der Waals surface area contributed by atoms with Crippen LogP contribution in [0.1, 0.15) is 11.1 Å². The zero-order chi connectivity index (χ0) is 15.4. The van der Waals surface area contributed by atoms with Crippen molar-refractivity contribution < 1.29 is 4.79 Å². The minimum Gasteiger partial charge on any atom is -0.398 e. The van der Waals surface area contributed by atoms with Gasteiger partial charge < -0.3 is 11.1 Å².